The van der Waals surface area contributed by atoms with Gasteiger partial charge in [-0.05, 0) is 49.2 Å². The third-order valence-electron chi connectivity index (χ3n) is 3.47. The maximum absolute atomic E-state index is 11.9. The number of nitrogen functional groups attached to an aromatic ring is 1. The van der Waals surface area contributed by atoms with Gasteiger partial charge in [0, 0.05) is 12.2 Å². The minimum Gasteiger partial charge on any atom is -0.491 e. The van der Waals surface area contributed by atoms with Crippen LogP contribution in [0.3, 0.4) is 0 Å². The Morgan fingerprint density at radius 3 is 2.28 bits per heavy atom. The van der Waals surface area contributed by atoms with Gasteiger partial charge in [-0.2, -0.15) is 0 Å². The predicted molar refractivity (Wildman–Crippen MR) is 102 cm³/mol. The summed E-state index contributed by atoms with van der Waals surface area (Å²) in [5, 5.41) is 12.9. The average molecular weight is 365 g/mol. The van der Waals surface area contributed by atoms with Gasteiger partial charge in [0.05, 0.1) is 18.6 Å². The summed E-state index contributed by atoms with van der Waals surface area (Å²) in [6, 6.07) is 14.4. The van der Waals surface area contributed by atoms with E-state index in [0.29, 0.717) is 5.69 Å². The Balaban J connectivity index is 0.00000312. The standard InChI is InChI=1S/C19H24N2O3.ClH/c1-13(2)24-17-9-5-15(6-10-17)18(22)12-21-19(23)11-14-3-7-16(20)8-4-14;/h3-10,13,18,22H,11-12,20H2,1-2H3,(H,21,23);1H. The van der Waals surface area contributed by atoms with Gasteiger partial charge in [-0.1, -0.05) is 24.3 Å². The number of carbonyl (C=O) groups is 1. The molecule has 4 N–H and O–H groups in total. The van der Waals surface area contributed by atoms with E-state index in [0.717, 1.165) is 16.9 Å². The fourth-order valence-corrected chi connectivity index (χ4v) is 2.25. The van der Waals surface area contributed by atoms with Crippen molar-refractivity contribution in [1.82, 2.24) is 5.32 Å². The van der Waals surface area contributed by atoms with Gasteiger partial charge in [0.2, 0.25) is 5.91 Å². The number of amides is 1. The van der Waals surface area contributed by atoms with Crippen molar-refractivity contribution in [2.75, 3.05) is 12.3 Å². The molecule has 5 nitrogen and oxygen atoms in total. The molecule has 0 bridgehead atoms. The summed E-state index contributed by atoms with van der Waals surface area (Å²) >= 11 is 0. The van der Waals surface area contributed by atoms with Crippen LogP contribution in [0.25, 0.3) is 0 Å². The summed E-state index contributed by atoms with van der Waals surface area (Å²) in [6.45, 7) is 4.08. The Labute approximate surface area is 154 Å². The fraction of sp³-hybridized carbons (Fsp3) is 0.316. The van der Waals surface area contributed by atoms with Crippen LogP contribution in [0.4, 0.5) is 5.69 Å². The number of anilines is 1. The first-order chi connectivity index (χ1) is 11.4. The highest BCUT2D eigenvalue weighted by Crippen LogP contribution is 2.18. The highest BCUT2D eigenvalue weighted by molar-refractivity contribution is 5.85. The van der Waals surface area contributed by atoms with Crippen molar-refractivity contribution < 1.29 is 14.6 Å². The lowest BCUT2D eigenvalue weighted by Crippen LogP contribution is -2.29. The lowest BCUT2D eigenvalue weighted by atomic mass is 10.1. The van der Waals surface area contributed by atoms with Gasteiger partial charge in [-0.25, -0.2) is 0 Å². The van der Waals surface area contributed by atoms with Crippen LogP contribution in [0.15, 0.2) is 48.5 Å². The van der Waals surface area contributed by atoms with E-state index in [-0.39, 0.29) is 37.4 Å². The van der Waals surface area contributed by atoms with Crippen LogP contribution in [0.1, 0.15) is 31.1 Å². The number of rotatable bonds is 7. The van der Waals surface area contributed by atoms with Gasteiger partial charge in [-0.15, -0.1) is 12.4 Å². The molecular formula is C19H25ClN2O3. The van der Waals surface area contributed by atoms with Gasteiger partial charge in [0.15, 0.2) is 0 Å². The number of hydrogen-bond acceptors (Lipinski definition) is 4. The summed E-state index contributed by atoms with van der Waals surface area (Å²) in [6.07, 6.45) is -0.393. The molecule has 0 radical (unpaired) electrons. The number of aliphatic hydroxyl groups is 1. The molecule has 0 aromatic heterocycles. The number of nitrogens with one attached hydrogen (secondary N) is 1. The van der Waals surface area contributed by atoms with Crippen LogP contribution in [0.2, 0.25) is 0 Å². The number of nitrogens with two attached hydrogens (primary N) is 1. The molecule has 0 fully saturated rings. The van der Waals surface area contributed by atoms with Crippen LogP contribution in [0.5, 0.6) is 5.75 Å². The first-order valence-electron chi connectivity index (χ1n) is 8.00. The van der Waals surface area contributed by atoms with Crippen molar-refractivity contribution in [2.45, 2.75) is 32.5 Å². The zero-order chi connectivity index (χ0) is 17.5. The molecule has 6 heteroatoms. The highest BCUT2D eigenvalue weighted by Gasteiger charge is 2.10. The van der Waals surface area contributed by atoms with E-state index in [9.17, 15) is 9.90 Å². The number of carbonyl (C=O) groups excluding carboxylic acids is 1. The third-order valence-corrected chi connectivity index (χ3v) is 3.47. The van der Waals surface area contributed by atoms with Gasteiger partial charge in [-0.3, -0.25) is 4.79 Å². The second-order valence-corrected chi connectivity index (χ2v) is 5.97. The van der Waals surface area contributed by atoms with Gasteiger partial charge < -0.3 is 20.9 Å². The Hall–Kier alpha value is -2.24. The smallest absolute Gasteiger partial charge is 0.224 e. The van der Waals surface area contributed by atoms with Crippen LogP contribution >= 0.6 is 12.4 Å². The van der Waals surface area contributed by atoms with E-state index >= 15 is 0 Å². The SMILES string of the molecule is CC(C)Oc1ccc(C(O)CNC(=O)Cc2ccc(N)cc2)cc1.Cl. The quantitative estimate of drug-likeness (QED) is 0.659. The molecule has 1 unspecified atom stereocenters. The lowest BCUT2D eigenvalue weighted by molar-refractivity contribution is -0.120. The Kier molecular flexibility index (Phi) is 8.25. The molecule has 0 aliphatic rings. The van der Waals surface area contributed by atoms with E-state index in [2.05, 4.69) is 5.32 Å². The maximum Gasteiger partial charge on any atom is 0.224 e. The van der Waals surface area contributed by atoms with Gasteiger partial charge in [0.1, 0.15) is 5.75 Å². The first-order valence-corrected chi connectivity index (χ1v) is 8.00. The van der Waals surface area contributed by atoms with E-state index in [1.54, 1.807) is 24.3 Å². The van der Waals surface area contributed by atoms with Crippen molar-refractivity contribution in [2.24, 2.45) is 0 Å². The maximum atomic E-state index is 11.9. The van der Waals surface area contributed by atoms with Gasteiger partial charge in [0.25, 0.3) is 0 Å². The lowest BCUT2D eigenvalue weighted by Gasteiger charge is -2.14. The fourth-order valence-electron chi connectivity index (χ4n) is 2.25. The molecule has 2 aromatic rings. The van der Waals surface area contributed by atoms with Crippen molar-refractivity contribution in [3.63, 3.8) is 0 Å². The zero-order valence-corrected chi connectivity index (χ0v) is 15.3. The summed E-state index contributed by atoms with van der Waals surface area (Å²) in [4.78, 5) is 11.9. The number of aliphatic hydroxyl groups excluding tert-OH is 1. The monoisotopic (exact) mass is 364 g/mol. The summed E-state index contributed by atoms with van der Waals surface area (Å²) in [7, 11) is 0. The number of hydrogen-bond donors (Lipinski definition) is 3. The molecule has 2 aromatic carbocycles. The highest BCUT2D eigenvalue weighted by atomic mass is 35.5. The Bertz CT molecular complexity index is 657. The van der Waals surface area contributed by atoms with Crippen LogP contribution in [-0.4, -0.2) is 23.7 Å². The Morgan fingerprint density at radius 2 is 1.72 bits per heavy atom. The molecule has 0 saturated carbocycles. The molecule has 1 amide bonds. The molecule has 25 heavy (non-hydrogen) atoms. The Morgan fingerprint density at radius 1 is 1.12 bits per heavy atom. The van der Waals surface area contributed by atoms with Crippen molar-refractivity contribution >= 4 is 24.0 Å². The van der Waals surface area contributed by atoms with Crippen molar-refractivity contribution in [1.29, 1.82) is 0 Å². The molecular weight excluding hydrogens is 340 g/mol. The van der Waals surface area contributed by atoms with Crippen molar-refractivity contribution in [3.8, 4) is 5.75 Å². The molecule has 0 aliphatic heterocycles. The predicted octanol–water partition coefficient (Wildman–Crippen LogP) is 2.87. The first kappa shape index (κ1) is 20.8. The molecule has 1 atom stereocenters. The molecule has 0 spiro atoms. The third kappa shape index (κ3) is 7.03. The van der Waals surface area contributed by atoms with E-state index in [1.807, 2.05) is 38.1 Å². The van der Waals surface area contributed by atoms with Crippen molar-refractivity contribution in [3.05, 3.63) is 59.7 Å². The number of ether oxygens (including phenoxy) is 1. The second kappa shape index (κ2) is 9.91. The van der Waals surface area contributed by atoms with Crippen LogP contribution in [0, 0.1) is 0 Å². The summed E-state index contributed by atoms with van der Waals surface area (Å²) in [5.41, 5.74) is 7.90. The molecule has 0 aliphatic carbocycles. The minimum atomic E-state index is -0.756. The summed E-state index contributed by atoms with van der Waals surface area (Å²) in [5.74, 6) is 0.618. The molecule has 136 valence electrons. The van der Waals surface area contributed by atoms with Crippen LogP contribution in [-0.2, 0) is 11.2 Å². The molecule has 2 rings (SSSR count). The average Bonchev–Trinajstić information content (AvgIpc) is 2.55. The topological polar surface area (TPSA) is 84.6 Å². The van der Waals surface area contributed by atoms with Crippen LogP contribution < -0.4 is 15.8 Å². The van der Waals surface area contributed by atoms with E-state index in [1.165, 1.54) is 0 Å². The number of halogens is 1. The minimum absolute atomic E-state index is 0. The number of benzene rings is 2. The molecule has 0 saturated heterocycles. The normalized spacial score (nSPS) is 11.5. The van der Waals surface area contributed by atoms with E-state index in [4.69, 9.17) is 10.5 Å². The summed E-state index contributed by atoms with van der Waals surface area (Å²) < 4.78 is 5.56. The van der Waals surface area contributed by atoms with E-state index < -0.39 is 6.10 Å². The molecule has 0 heterocycles. The van der Waals surface area contributed by atoms with Gasteiger partial charge >= 0.3 is 0 Å². The largest absolute Gasteiger partial charge is 0.491 e. The second-order valence-electron chi connectivity index (χ2n) is 5.97. The zero-order valence-electron chi connectivity index (χ0n) is 14.4.